The van der Waals surface area contributed by atoms with Gasteiger partial charge in [-0.05, 0) is 117 Å². The highest BCUT2D eigenvalue weighted by Crippen LogP contribution is 2.54. The Morgan fingerprint density at radius 1 is 1.00 bits per heavy atom. The molecule has 3 aromatic carbocycles. The Morgan fingerprint density at radius 2 is 1.81 bits per heavy atom. The van der Waals surface area contributed by atoms with E-state index in [0.29, 0.717) is 59.3 Å². The minimum absolute atomic E-state index is 0.00444. The van der Waals surface area contributed by atoms with Gasteiger partial charge in [0.2, 0.25) is 5.88 Å². The first-order valence-electron chi connectivity index (χ1n) is 24.2. The number of likely N-dealkylation sites (tertiary alicyclic amines) is 1. The number of pyridine rings is 2. The monoisotopic (exact) mass is 951 g/mol. The minimum atomic E-state index is -4.67. The molecule has 0 bridgehead atoms. The van der Waals surface area contributed by atoms with Gasteiger partial charge in [-0.2, -0.15) is 4.98 Å². The van der Waals surface area contributed by atoms with Gasteiger partial charge >= 0.3 is 0 Å². The molecule has 16 nitrogen and oxygen atoms in total. The van der Waals surface area contributed by atoms with Crippen LogP contribution in [0.3, 0.4) is 0 Å². The zero-order valence-corrected chi connectivity index (χ0v) is 39.9. The van der Waals surface area contributed by atoms with Crippen molar-refractivity contribution in [2.45, 2.75) is 101 Å². The number of hydrogen-bond donors (Lipinski definition) is 3. The summed E-state index contributed by atoms with van der Waals surface area (Å²) in [6.07, 6.45) is 10.5. The van der Waals surface area contributed by atoms with Crippen molar-refractivity contribution in [1.29, 1.82) is 0 Å². The Hall–Kier alpha value is -6.72. The first-order chi connectivity index (χ1) is 33.3. The number of hydrogen-bond acceptors (Lipinski definition) is 13. The molecule has 17 heteroatoms. The van der Waals surface area contributed by atoms with E-state index in [-0.39, 0.29) is 35.8 Å². The van der Waals surface area contributed by atoms with E-state index in [9.17, 15) is 23.3 Å². The Labute approximate surface area is 401 Å². The quantitative estimate of drug-likeness (QED) is 0.0825. The largest absolute Gasteiger partial charge is 0.489 e. The molecule has 69 heavy (non-hydrogen) atoms. The molecule has 2 saturated heterocycles. The van der Waals surface area contributed by atoms with Gasteiger partial charge in [-0.3, -0.25) is 24.8 Å². The molecular weight excluding hydrogens is 895 g/mol. The van der Waals surface area contributed by atoms with Crippen LogP contribution in [-0.2, 0) is 16.4 Å². The third-order valence-corrected chi connectivity index (χ3v) is 16.4. The van der Waals surface area contributed by atoms with Gasteiger partial charge in [-0.1, -0.05) is 44.2 Å². The molecule has 3 atom stereocenters. The number of amides is 1. The number of nitrogens with zero attached hydrogens (tertiary/aromatic N) is 6. The lowest BCUT2D eigenvalue weighted by Crippen LogP contribution is -2.55. The number of carbonyl (C=O) groups is 1. The lowest BCUT2D eigenvalue weighted by Gasteiger charge is -2.56. The fourth-order valence-corrected chi connectivity index (χ4v) is 12.6. The number of rotatable bonds is 11. The summed E-state index contributed by atoms with van der Waals surface area (Å²) >= 11 is 0. The molecule has 6 aromatic rings. The lowest BCUT2D eigenvalue weighted by atomic mass is 9.59. The van der Waals surface area contributed by atoms with Crippen LogP contribution in [0.5, 0.6) is 11.6 Å². The van der Waals surface area contributed by atoms with Crippen LogP contribution in [0.4, 0.5) is 28.4 Å². The number of sulfonamides is 1. The normalized spacial score (nSPS) is 21.2. The number of nitrogens with one attached hydrogen (secondary N) is 3. The van der Waals surface area contributed by atoms with Crippen LogP contribution >= 0.6 is 0 Å². The molecule has 3 aromatic heterocycles. The van der Waals surface area contributed by atoms with Crippen molar-refractivity contribution in [2.24, 2.45) is 5.41 Å². The van der Waals surface area contributed by atoms with Crippen LogP contribution in [0.15, 0.2) is 102 Å². The smallest absolute Gasteiger partial charge is 0.297 e. The van der Waals surface area contributed by atoms with E-state index in [1.807, 2.05) is 48.2 Å². The van der Waals surface area contributed by atoms with Crippen LogP contribution < -0.4 is 29.3 Å². The molecule has 4 aliphatic heterocycles. The predicted molar refractivity (Wildman–Crippen MR) is 264 cm³/mol. The van der Waals surface area contributed by atoms with Crippen LogP contribution in [0, 0.1) is 15.5 Å². The molecule has 1 spiro atoms. The SMILES string of the molecule is CC(C)c1ccccc1[C@@H]1CCCN1C1CC2(CCN(c3ccc(C(=O)NS(=O)(=O)c4cc5c(c([N+](=O)[O-])c4)N[C@@H](Cc4ccccn4)CO5)c(N4C[C@@H](C)Oc5nc6[nH]ccc6cc54)c3)CC2)C1. The number of anilines is 4. The number of aromatic amines is 1. The summed E-state index contributed by atoms with van der Waals surface area (Å²) in [6, 6.07) is 26.8. The van der Waals surface area contributed by atoms with Gasteiger partial charge in [0.1, 0.15) is 24.0 Å². The number of carbonyl (C=O) groups excluding carboxylic acids is 1. The number of H-pyrrole nitrogens is 1. The fraction of sp³-hybridized carbons (Fsp3) is 0.404. The summed E-state index contributed by atoms with van der Waals surface area (Å²) in [5.41, 5.74) is 6.40. The highest BCUT2D eigenvalue weighted by atomic mass is 32.2. The number of fused-ring (bicyclic) bond motifs is 3. The maximum Gasteiger partial charge on any atom is 0.297 e. The van der Waals surface area contributed by atoms with E-state index < -0.39 is 31.4 Å². The van der Waals surface area contributed by atoms with Gasteiger partial charge in [0, 0.05) is 72.9 Å². The Balaban J connectivity index is 0.854. The zero-order valence-electron chi connectivity index (χ0n) is 39.1. The number of piperidine rings is 1. The molecule has 1 amide bonds. The van der Waals surface area contributed by atoms with Crippen LogP contribution in [-0.4, -0.2) is 90.1 Å². The number of nitro groups is 1. The minimum Gasteiger partial charge on any atom is -0.489 e. The number of nitro benzene ring substituents is 1. The van der Waals surface area contributed by atoms with E-state index in [4.69, 9.17) is 14.5 Å². The Kier molecular flexibility index (Phi) is 11.5. The number of benzene rings is 3. The molecule has 1 saturated carbocycles. The lowest BCUT2D eigenvalue weighted by molar-refractivity contribution is -0.384. The molecular formula is C52H57N9O7S. The van der Waals surface area contributed by atoms with Gasteiger partial charge in [0.25, 0.3) is 21.6 Å². The summed E-state index contributed by atoms with van der Waals surface area (Å²) < 4.78 is 42.8. The molecule has 0 radical (unpaired) electrons. The molecule has 7 heterocycles. The third kappa shape index (κ3) is 8.49. The highest BCUT2D eigenvalue weighted by Gasteiger charge is 2.50. The Bertz CT molecular complexity index is 3060. The maximum absolute atomic E-state index is 14.5. The van der Waals surface area contributed by atoms with Crippen molar-refractivity contribution >= 4 is 55.4 Å². The maximum atomic E-state index is 14.5. The average molecular weight is 952 g/mol. The van der Waals surface area contributed by atoms with E-state index in [0.717, 1.165) is 55.3 Å². The van der Waals surface area contributed by atoms with Gasteiger partial charge in [0.15, 0.2) is 11.4 Å². The van der Waals surface area contributed by atoms with Crippen molar-refractivity contribution in [3.8, 4) is 11.6 Å². The van der Waals surface area contributed by atoms with Gasteiger partial charge in [-0.25, -0.2) is 13.1 Å². The van der Waals surface area contributed by atoms with Gasteiger partial charge < -0.3 is 29.6 Å². The Morgan fingerprint density at radius 3 is 2.59 bits per heavy atom. The van der Waals surface area contributed by atoms with E-state index in [1.165, 1.54) is 42.9 Å². The van der Waals surface area contributed by atoms with Crippen molar-refractivity contribution in [1.82, 2.24) is 24.6 Å². The highest BCUT2D eigenvalue weighted by molar-refractivity contribution is 7.90. The van der Waals surface area contributed by atoms with E-state index in [2.05, 4.69) is 67.9 Å². The van der Waals surface area contributed by atoms with Crippen molar-refractivity contribution in [2.75, 3.05) is 47.9 Å². The fourth-order valence-electron chi connectivity index (χ4n) is 11.6. The first kappa shape index (κ1) is 44.8. The summed E-state index contributed by atoms with van der Waals surface area (Å²) in [5.74, 6) is -0.0199. The van der Waals surface area contributed by atoms with Crippen molar-refractivity contribution in [3.05, 3.63) is 130 Å². The average Bonchev–Trinajstić information content (AvgIpc) is 4.02. The van der Waals surface area contributed by atoms with E-state index >= 15 is 0 Å². The van der Waals surface area contributed by atoms with Crippen LogP contribution in [0.25, 0.3) is 11.0 Å². The second kappa shape index (κ2) is 17.7. The van der Waals surface area contributed by atoms with Crippen molar-refractivity contribution in [3.63, 3.8) is 0 Å². The number of ether oxygens (including phenoxy) is 2. The zero-order chi connectivity index (χ0) is 47.6. The second-order valence-corrected chi connectivity index (χ2v) is 21.6. The predicted octanol–water partition coefficient (Wildman–Crippen LogP) is 9.03. The topological polar surface area (TPSA) is 188 Å². The summed E-state index contributed by atoms with van der Waals surface area (Å²) in [5, 5.41) is 16.4. The molecule has 0 unspecified atom stereocenters. The molecule has 5 aliphatic rings. The summed E-state index contributed by atoms with van der Waals surface area (Å²) in [6.45, 7) is 9.83. The summed E-state index contributed by atoms with van der Waals surface area (Å²) in [7, 11) is -4.67. The summed E-state index contributed by atoms with van der Waals surface area (Å²) in [4.78, 5) is 45.2. The molecule has 11 rings (SSSR count). The first-order valence-corrected chi connectivity index (χ1v) is 25.6. The van der Waals surface area contributed by atoms with E-state index in [1.54, 1.807) is 24.5 Å². The second-order valence-electron chi connectivity index (χ2n) is 19.9. The molecule has 3 fully saturated rings. The van der Waals surface area contributed by atoms with Crippen LogP contribution in [0.2, 0.25) is 0 Å². The molecule has 3 N–H and O–H groups in total. The molecule has 358 valence electrons. The van der Waals surface area contributed by atoms with Crippen LogP contribution in [0.1, 0.15) is 98.4 Å². The number of aromatic nitrogens is 3. The standard InChI is InChI=1S/C52H57N9O7S/c1-32(2)40-10-4-5-11-41(40)43-12-8-20-59(43)38-28-52(29-38)16-21-58(22-17-52)37-13-14-42(44(25-37)60-30-33(3)68-51-46(60)23-34-15-19-54-49(34)56-51)50(62)57-69(65,66)39-26-45(61(63)64)48-47(27-39)67-31-36(55-48)24-35-9-6-7-18-53-35/h4-7,9-11,13-15,18-19,23,25-27,32-33,36,38,43,55H,8,12,16-17,20-22,24,28-31H2,1-3H3,(H,54,56)(H,57,62)/t33-,36+,43+/m1/s1. The van der Waals surface area contributed by atoms with Gasteiger partial charge in [-0.15, -0.1) is 0 Å². The van der Waals surface area contributed by atoms with Crippen molar-refractivity contribution < 1.29 is 27.6 Å². The van der Waals surface area contributed by atoms with Gasteiger partial charge in [0.05, 0.1) is 33.7 Å². The third-order valence-electron chi connectivity index (χ3n) is 15.1. The molecule has 1 aliphatic carbocycles.